The van der Waals surface area contributed by atoms with Crippen LogP contribution < -0.4 is 17.4 Å². The minimum absolute atomic E-state index is 0. The number of H-pyrrole nitrogens is 2. The first-order chi connectivity index (χ1) is 13.9. The van der Waals surface area contributed by atoms with Crippen molar-refractivity contribution < 1.29 is 17.4 Å². The third kappa shape index (κ3) is 2.63. The van der Waals surface area contributed by atoms with E-state index >= 15 is 0 Å². The molecule has 0 spiro atoms. The van der Waals surface area contributed by atoms with E-state index in [0.29, 0.717) is 0 Å². The van der Waals surface area contributed by atoms with Gasteiger partial charge in [-0.3, -0.25) is 0 Å². The number of hydrogen-bond donors (Lipinski definition) is 3. The van der Waals surface area contributed by atoms with Crippen molar-refractivity contribution in [2.24, 2.45) is 0 Å². The second-order valence-corrected chi connectivity index (χ2v) is 7.12. The molecule has 2 aromatic heterocycles. The lowest BCUT2D eigenvalue weighted by Crippen LogP contribution is -3.00. The van der Waals surface area contributed by atoms with E-state index in [1.165, 1.54) is 38.6 Å². The highest BCUT2D eigenvalue weighted by Crippen LogP contribution is 2.39. The van der Waals surface area contributed by atoms with Crippen molar-refractivity contribution in [3.63, 3.8) is 0 Å². The SMILES string of the molecule is C1=[NH+]c2ccccc2C1=C(c1c[nH]c2ccccc12)c1c[nH]c2ccccc12.[Cl-]. The van der Waals surface area contributed by atoms with E-state index in [9.17, 15) is 0 Å². The van der Waals surface area contributed by atoms with E-state index in [1.54, 1.807) is 0 Å². The van der Waals surface area contributed by atoms with Gasteiger partial charge in [0.15, 0.2) is 6.21 Å². The lowest BCUT2D eigenvalue weighted by Gasteiger charge is -2.09. The van der Waals surface area contributed by atoms with Crippen LogP contribution >= 0.6 is 0 Å². The predicted molar refractivity (Wildman–Crippen MR) is 116 cm³/mol. The molecule has 1 aliphatic heterocycles. The van der Waals surface area contributed by atoms with Gasteiger partial charge in [-0.2, -0.15) is 0 Å². The highest BCUT2D eigenvalue weighted by atomic mass is 35.5. The van der Waals surface area contributed by atoms with Gasteiger partial charge in [0, 0.05) is 57.0 Å². The number of hydrogen-bond acceptors (Lipinski definition) is 0. The van der Waals surface area contributed by atoms with Crippen molar-refractivity contribution in [1.82, 2.24) is 9.97 Å². The number of halogens is 1. The molecular formula is C25H18ClN3. The van der Waals surface area contributed by atoms with Gasteiger partial charge in [-0.05, 0) is 18.2 Å². The van der Waals surface area contributed by atoms with Gasteiger partial charge < -0.3 is 22.4 Å². The van der Waals surface area contributed by atoms with Gasteiger partial charge in [-0.1, -0.05) is 48.5 Å². The van der Waals surface area contributed by atoms with E-state index in [1.807, 2.05) is 0 Å². The number of fused-ring (bicyclic) bond motifs is 3. The Morgan fingerprint density at radius 3 is 1.86 bits per heavy atom. The number of para-hydroxylation sites is 3. The fourth-order valence-electron chi connectivity index (χ4n) is 4.27. The van der Waals surface area contributed by atoms with E-state index < -0.39 is 0 Å². The quantitative estimate of drug-likeness (QED) is 0.405. The Labute approximate surface area is 174 Å². The summed E-state index contributed by atoms with van der Waals surface area (Å²) in [7, 11) is 0. The van der Waals surface area contributed by atoms with Gasteiger partial charge in [-0.25, -0.2) is 4.99 Å². The average molecular weight is 396 g/mol. The third-order valence-corrected chi connectivity index (χ3v) is 5.58. The molecule has 4 heteroatoms. The van der Waals surface area contributed by atoms with Gasteiger partial charge in [0.2, 0.25) is 5.69 Å². The highest BCUT2D eigenvalue weighted by molar-refractivity contribution is 6.26. The summed E-state index contributed by atoms with van der Waals surface area (Å²) in [5.41, 5.74) is 9.54. The molecule has 0 fully saturated rings. The maximum atomic E-state index is 3.45. The Balaban J connectivity index is 0.00000181. The summed E-state index contributed by atoms with van der Waals surface area (Å²) in [6, 6.07) is 25.4. The van der Waals surface area contributed by atoms with Crippen LogP contribution in [0.25, 0.3) is 33.0 Å². The molecule has 0 saturated carbocycles. The normalized spacial score (nSPS) is 12.3. The molecular weight excluding hydrogens is 378 g/mol. The molecule has 0 amide bonds. The molecule has 6 rings (SSSR count). The van der Waals surface area contributed by atoms with Crippen LogP contribution in [0.2, 0.25) is 0 Å². The topological polar surface area (TPSA) is 45.5 Å². The molecule has 0 bridgehead atoms. The second kappa shape index (κ2) is 6.80. The van der Waals surface area contributed by atoms with Crippen molar-refractivity contribution in [2.45, 2.75) is 0 Å². The molecule has 0 atom stereocenters. The molecule has 29 heavy (non-hydrogen) atoms. The predicted octanol–water partition coefficient (Wildman–Crippen LogP) is 1.41. The third-order valence-electron chi connectivity index (χ3n) is 5.58. The average Bonchev–Trinajstić information content (AvgIpc) is 3.47. The number of aromatic nitrogens is 2. The monoisotopic (exact) mass is 395 g/mol. The van der Waals surface area contributed by atoms with Crippen LogP contribution in [0.1, 0.15) is 16.7 Å². The zero-order valence-electron chi connectivity index (χ0n) is 15.5. The molecule has 5 aromatic rings. The lowest BCUT2D eigenvalue weighted by molar-refractivity contribution is -0.342. The van der Waals surface area contributed by atoms with Crippen LogP contribution in [0.3, 0.4) is 0 Å². The molecule has 0 radical (unpaired) electrons. The Kier molecular flexibility index (Phi) is 4.11. The molecule has 140 valence electrons. The van der Waals surface area contributed by atoms with Crippen LogP contribution in [0.15, 0.2) is 85.2 Å². The van der Waals surface area contributed by atoms with Crippen LogP contribution in [-0.4, -0.2) is 16.2 Å². The molecule has 3 heterocycles. The maximum absolute atomic E-state index is 3.45. The lowest BCUT2D eigenvalue weighted by atomic mass is 9.90. The summed E-state index contributed by atoms with van der Waals surface area (Å²) in [5, 5.41) is 2.46. The summed E-state index contributed by atoms with van der Waals surface area (Å²) in [4.78, 5) is 10.3. The summed E-state index contributed by atoms with van der Waals surface area (Å²) >= 11 is 0. The Morgan fingerprint density at radius 2 is 1.21 bits per heavy atom. The largest absolute Gasteiger partial charge is 1.00 e. The Bertz CT molecular complexity index is 1340. The van der Waals surface area contributed by atoms with Crippen molar-refractivity contribution >= 4 is 44.9 Å². The van der Waals surface area contributed by atoms with Gasteiger partial charge >= 0.3 is 0 Å². The van der Waals surface area contributed by atoms with Crippen molar-refractivity contribution in [3.05, 3.63) is 102 Å². The zero-order chi connectivity index (χ0) is 18.5. The van der Waals surface area contributed by atoms with E-state index in [-0.39, 0.29) is 12.4 Å². The number of aromatic amines is 2. The maximum Gasteiger partial charge on any atom is 0.211 e. The minimum atomic E-state index is 0. The molecule has 0 saturated heterocycles. The van der Waals surface area contributed by atoms with Crippen LogP contribution in [0, 0.1) is 0 Å². The fourth-order valence-corrected chi connectivity index (χ4v) is 4.27. The van der Waals surface area contributed by atoms with E-state index in [0.717, 1.165) is 16.7 Å². The fraction of sp³-hybridized carbons (Fsp3) is 0. The van der Waals surface area contributed by atoms with Crippen LogP contribution in [-0.2, 0) is 0 Å². The van der Waals surface area contributed by atoms with Crippen molar-refractivity contribution in [3.8, 4) is 0 Å². The summed E-state index contributed by atoms with van der Waals surface area (Å²) < 4.78 is 0. The zero-order valence-corrected chi connectivity index (χ0v) is 16.3. The smallest absolute Gasteiger partial charge is 0.211 e. The van der Waals surface area contributed by atoms with Gasteiger partial charge in [0.25, 0.3) is 0 Å². The number of allylic oxidation sites excluding steroid dienone is 1. The second-order valence-electron chi connectivity index (χ2n) is 7.12. The first kappa shape index (κ1) is 17.5. The van der Waals surface area contributed by atoms with Crippen LogP contribution in [0.5, 0.6) is 0 Å². The van der Waals surface area contributed by atoms with Gasteiger partial charge in [-0.15, -0.1) is 0 Å². The van der Waals surface area contributed by atoms with E-state index in [2.05, 4.69) is 106 Å². The molecule has 0 unspecified atom stereocenters. The van der Waals surface area contributed by atoms with E-state index in [4.69, 9.17) is 0 Å². The molecule has 3 N–H and O–H groups in total. The summed E-state index contributed by atoms with van der Waals surface area (Å²) in [5.74, 6) is 0. The number of rotatable bonds is 2. The van der Waals surface area contributed by atoms with Crippen molar-refractivity contribution in [2.75, 3.05) is 0 Å². The molecule has 3 nitrogen and oxygen atoms in total. The molecule has 3 aromatic carbocycles. The first-order valence-corrected chi connectivity index (χ1v) is 9.46. The highest BCUT2D eigenvalue weighted by Gasteiger charge is 2.26. The standard InChI is InChI=1S/C25H17N3.ClH/c1-4-10-22-16(7-1)19(13-26-22)25(20-14-27-23-11-5-2-8-17(20)23)21-15-28-24-12-6-3-9-18(21)24;/h1-15,26-27H;1H. The van der Waals surface area contributed by atoms with Crippen molar-refractivity contribution in [1.29, 1.82) is 0 Å². The Hall–Kier alpha value is -3.56. The number of nitrogens with one attached hydrogen (secondary N) is 3. The molecule has 1 aliphatic rings. The van der Waals surface area contributed by atoms with Gasteiger partial charge in [0.05, 0.1) is 11.1 Å². The summed E-state index contributed by atoms with van der Waals surface area (Å²) in [6.45, 7) is 0. The minimum Gasteiger partial charge on any atom is -1.00 e. The van der Waals surface area contributed by atoms with Gasteiger partial charge in [0.1, 0.15) is 0 Å². The molecule has 0 aliphatic carbocycles. The van der Waals surface area contributed by atoms with Crippen LogP contribution in [0.4, 0.5) is 5.69 Å². The first-order valence-electron chi connectivity index (χ1n) is 9.46. The summed E-state index contributed by atoms with van der Waals surface area (Å²) in [6.07, 6.45) is 6.39. The Morgan fingerprint density at radius 1 is 0.655 bits per heavy atom. The number of benzene rings is 3.